The van der Waals surface area contributed by atoms with Gasteiger partial charge in [0.1, 0.15) is 0 Å². The molecule has 0 aromatic carbocycles. The van der Waals surface area contributed by atoms with E-state index in [1.807, 2.05) is 0 Å². The number of nitrogens with one attached hydrogen (secondary N) is 1. The van der Waals surface area contributed by atoms with E-state index in [1.165, 1.54) is 0 Å². The topological polar surface area (TPSA) is 46.2 Å². The molecule has 0 aromatic heterocycles. The second-order valence-electron chi connectivity index (χ2n) is 3.17. The van der Waals surface area contributed by atoms with Gasteiger partial charge in [0.25, 0.3) is 0 Å². The van der Waals surface area contributed by atoms with E-state index in [0.29, 0.717) is 0 Å². The SMILES string of the molecule is CC(Br)CNS(=O)(=O)CCCC(F)(F)F. The van der Waals surface area contributed by atoms with Gasteiger partial charge in [-0.15, -0.1) is 0 Å². The molecule has 0 rings (SSSR count). The smallest absolute Gasteiger partial charge is 0.214 e. The summed E-state index contributed by atoms with van der Waals surface area (Å²) in [4.78, 5) is -0.0464. The zero-order chi connectivity index (χ0) is 12.1. The van der Waals surface area contributed by atoms with Gasteiger partial charge in [0, 0.05) is 17.8 Å². The van der Waals surface area contributed by atoms with E-state index in [9.17, 15) is 21.6 Å². The molecule has 15 heavy (non-hydrogen) atoms. The molecule has 0 heterocycles. The van der Waals surface area contributed by atoms with Crippen LogP contribution < -0.4 is 4.72 Å². The largest absolute Gasteiger partial charge is 0.389 e. The third kappa shape index (κ3) is 10.5. The first-order valence-corrected chi connectivity index (χ1v) is 6.87. The lowest BCUT2D eigenvalue weighted by Crippen LogP contribution is -2.31. The first-order valence-electron chi connectivity index (χ1n) is 4.30. The number of halogens is 4. The van der Waals surface area contributed by atoms with E-state index in [-0.39, 0.29) is 11.4 Å². The summed E-state index contributed by atoms with van der Waals surface area (Å²) in [5.41, 5.74) is 0. The lowest BCUT2D eigenvalue weighted by atomic mass is 10.3. The van der Waals surface area contributed by atoms with Crippen molar-refractivity contribution >= 4 is 26.0 Å². The Labute approximate surface area is 95.6 Å². The highest BCUT2D eigenvalue weighted by atomic mass is 79.9. The molecule has 0 amide bonds. The van der Waals surface area contributed by atoms with E-state index in [4.69, 9.17) is 0 Å². The van der Waals surface area contributed by atoms with Gasteiger partial charge in [-0.1, -0.05) is 22.9 Å². The Morgan fingerprint density at radius 2 is 1.93 bits per heavy atom. The van der Waals surface area contributed by atoms with Crippen molar-refractivity contribution in [2.24, 2.45) is 0 Å². The molecule has 3 nitrogen and oxygen atoms in total. The van der Waals surface area contributed by atoms with Gasteiger partial charge in [-0.05, 0) is 6.42 Å². The Hall–Kier alpha value is 0.180. The monoisotopic (exact) mass is 311 g/mol. The Morgan fingerprint density at radius 3 is 2.33 bits per heavy atom. The Kier molecular flexibility index (Phi) is 6.12. The molecule has 0 bridgehead atoms. The molecular weight excluding hydrogens is 299 g/mol. The minimum absolute atomic E-state index is 0.0464. The Balaban J connectivity index is 3.85. The standard InChI is InChI=1S/C7H13BrF3NO2S/c1-6(8)5-12-15(13,14)4-2-3-7(9,10)11/h6,12H,2-5H2,1H3. The maximum atomic E-state index is 11.7. The van der Waals surface area contributed by atoms with E-state index in [2.05, 4.69) is 20.7 Å². The third-order valence-electron chi connectivity index (χ3n) is 1.46. The average molecular weight is 312 g/mol. The van der Waals surface area contributed by atoms with E-state index in [1.54, 1.807) is 6.92 Å². The summed E-state index contributed by atoms with van der Waals surface area (Å²) in [5.74, 6) is -0.494. The van der Waals surface area contributed by atoms with Crippen LogP contribution >= 0.6 is 15.9 Å². The summed E-state index contributed by atoms with van der Waals surface area (Å²) in [6, 6.07) is 0. The summed E-state index contributed by atoms with van der Waals surface area (Å²) < 4.78 is 59.6. The lowest BCUT2D eigenvalue weighted by molar-refractivity contribution is -0.134. The highest BCUT2D eigenvalue weighted by molar-refractivity contribution is 9.09. The second kappa shape index (κ2) is 6.05. The summed E-state index contributed by atoms with van der Waals surface area (Å²) in [6.45, 7) is 1.91. The molecule has 0 saturated heterocycles. The fraction of sp³-hybridized carbons (Fsp3) is 1.00. The van der Waals surface area contributed by atoms with Crippen LogP contribution in [0.4, 0.5) is 13.2 Å². The molecule has 0 fully saturated rings. The first kappa shape index (κ1) is 15.2. The van der Waals surface area contributed by atoms with Crippen LogP contribution in [-0.2, 0) is 10.0 Å². The van der Waals surface area contributed by atoms with Crippen molar-refractivity contribution in [2.75, 3.05) is 12.3 Å². The molecule has 1 unspecified atom stereocenters. The van der Waals surface area contributed by atoms with Gasteiger partial charge >= 0.3 is 6.18 Å². The van der Waals surface area contributed by atoms with E-state index >= 15 is 0 Å². The van der Waals surface area contributed by atoms with Crippen LogP contribution in [0, 0.1) is 0 Å². The second-order valence-corrected chi connectivity index (χ2v) is 6.66. The zero-order valence-electron chi connectivity index (χ0n) is 8.14. The van der Waals surface area contributed by atoms with Crippen molar-refractivity contribution < 1.29 is 21.6 Å². The van der Waals surface area contributed by atoms with Gasteiger partial charge in [0.15, 0.2) is 0 Å². The minimum atomic E-state index is -4.29. The van der Waals surface area contributed by atoms with Gasteiger partial charge in [0.2, 0.25) is 10.0 Å². The van der Waals surface area contributed by atoms with Gasteiger partial charge in [-0.3, -0.25) is 0 Å². The molecule has 8 heteroatoms. The van der Waals surface area contributed by atoms with E-state index in [0.717, 1.165) is 0 Å². The predicted octanol–water partition coefficient (Wildman–Crippen LogP) is 2.03. The Morgan fingerprint density at radius 1 is 1.40 bits per heavy atom. The van der Waals surface area contributed by atoms with Crippen molar-refractivity contribution in [3.8, 4) is 0 Å². The highest BCUT2D eigenvalue weighted by Gasteiger charge is 2.27. The maximum absolute atomic E-state index is 11.7. The van der Waals surface area contributed by atoms with Crippen LogP contribution in [0.15, 0.2) is 0 Å². The van der Waals surface area contributed by atoms with Crippen LogP contribution in [0.1, 0.15) is 19.8 Å². The van der Waals surface area contributed by atoms with Crippen LogP contribution in [-0.4, -0.2) is 31.7 Å². The molecular formula is C7H13BrF3NO2S. The van der Waals surface area contributed by atoms with E-state index < -0.39 is 34.8 Å². The third-order valence-corrected chi connectivity index (χ3v) is 3.21. The number of rotatable bonds is 6. The number of sulfonamides is 1. The minimum Gasteiger partial charge on any atom is -0.214 e. The predicted molar refractivity (Wildman–Crippen MR) is 55.5 cm³/mol. The van der Waals surface area contributed by atoms with Crippen molar-refractivity contribution in [1.82, 2.24) is 4.72 Å². The molecule has 0 aliphatic heterocycles. The average Bonchev–Trinajstić information content (AvgIpc) is 1.98. The number of hydrogen-bond donors (Lipinski definition) is 1. The quantitative estimate of drug-likeness (QED) is 0.763. The van der Waals surface area contributed by atoms with Gasteiger partial charge in [0.05, 0.1) is 5.75 Å². The summed E-state index contributed by atoms with van der Waals surface area (Å²) >= 11 is 3.12. The van der Waals surface area contributed by atoms with Crippen molar-refractivity contribution in [1.29, 1.82) is 0 Å². The fourth-order valence-corrected chi connectivity index (χ4v) is 2.33. The van der Waals surface area contributed by atoms with Gasteiger partial charge < -0.3 is 0 Å². The molecule has 0 spiro atoms. The van der Waals surface area contributed by atoms with Gasteiger partial charge in [-0.2, -0.15) is 13.2 Å². The van der Waals surface area contributed by atoms with Crippen molar-refractivity contribution in [3.63, 3.8) is 0 Å². The summed E-state index contributed by atoms with van der Waals surface area (Å²) in [5, 5.41) is 0. The van der Waals surface area contributed by atoms with Crippen LogP contribution in [0.25, 0.3) is 0 Å². The summed E-state index contributed by atoms with van der Waals surface area (Å²) in [7, 11) is -3.58. The van der Waals surface area contributed by atoms with Crippen LogP contribution in [0.2, 0.25) is 0 Å². The Bertz CT molecular complexity index is 276. The molecule has 1 atom stereocenters. The number of hydrogen-bond acceptors (Lipinski definition) is 2. The normalized spacial score (nSPS) is 15.3. The van der Waals surface area contributed by atoms with Crippen molar-refractivity contribution in [3.05, 3.63) is 0 Å². The molecule has 0 saturated carbocycles. The number of alkyl halides is 4. The molecule has 0 aromatic rings. The molecule has 0 radical (unpaired) electrons. The summed E-state index contributed by atoms with van der Waals surface area (Å²) in [6.07, 6.45) is -5.77. The molecule has 1 N–H and O–H groups in total. The molecule has 92 valence electrons. The molecule has 0 aliphatic rings. The van der Waals surface area contributed by atoms with Crippen LogP contribution in [0.3, 0.4) is 0 Å². The first-order chi connectivity index (χ1) is 6.62. The fourth-order valence-electron chi connectivity index (χ4n) is 0.777. The van der Waals surface area contributed by atoms with Gasteiger partial charge in [-0.25, -0.2) is 13.1 Å². The zero-order valence-corrected chi connectivity index (χ0v) is 10.5. The highest BCUT2D eigenvalue weighted by Crippen LogP contribution is 2.21. The maximum Gasteiger partial charge on any atom is 0.389 e. The van der Waals surface area contributed by atoms with Crippen molar-refractivity contribution in [2.45, 2.75) is 30.8 Å². The lowest BCUT2D eigenvalue weighted by Gasteiger charge is -2.09. The van der Waals surface area contributed by atoms with Crippen LogP contribution in [0.5, 0.6) is 0 Å². The molecule has 0 aliphatic carbocycles.